The van der Waals surface area contributed by atoms with Crippen molar-refractivity contribution >= 4 is 19.3 Å². The largest absolute Gasteiger partial charge is 0.0930 e. The monoisotopic (exact) mass is 428 g/mol. The van der Waals surface area contributed by atoms with Crippen molar-refractivity contribution < 1.29 is 0 Å². The highest BCUT2D eigenvalue weighted by molar-refractivity contribution is 6.96. The van der Waals surface area contributed by atoms with Crippen LogP contribution in [0.25, 0.3) is 11.3 Å². The minimum absolute atomic E-state index is 0.179. The Morgan fingerprint density at radius 3 is 2.00 bits per heavy atom. The molecule has 164 valence electrons. The molecule has 0 fully saturated rings. The van der Waals surface area contributed by atoms with Gasteiger partial charge in [-0.3, -0.25) is 0 Å². The Kier molecular flexibility index (Phi) is 5.09. The lowest BCUT2D eigenvalue weighted by Gasteiger charge is -2.36. The molecule has 0 nitrogen and oxygen atoms in total. The molecule has 0 saturated carbocycles. The van der Waals surface area contributed by atoms with Crippen LogP contribution in [0, 0.1) is 0 Å². The van der Waals surface area contributed by atoms with Crippen molar-refractivity contribution in [1.29, 1.82) is 0 Å². The second kappa shape index (κ2) is 7.07. The Balaban J connectivity index is 1.85. The van der Waals surface area contributed by atoms with Gasteiger partial charge in [0.1, 0.15) is 0 Å². The maximum Gasteiger partial charge on any atom is 0.0930 e. The molecule has 1 heteroatoms. The van der Waals surface area contributed by atoms with Gasteiger partial charge in [-0.15, -0.1) is 0 Å². The van der Waals surface area contributed by atoms with Crippen LogP contribution in [0.1, 0.15) is 94.3 Å². The van der Waals surface area contributed by atoms with Crippen molar-refractivity contribution in [2.24, 2.45) is 0 Å². The molecule has 1 unspecified atom stereocenters. The summed E-state index contributed by atoms with van der Waals surface area (Å²) in [6, 6.07) is 14.5. The summed E-state index contributed by atoms with van der Waals surface area (Å²) >= 11 is 0. The number of benzene rings is 2. The molecule has 1 atom stereocenters. The van der Waals surface area contributed by atoms with E-state index >= 15 is 0 Å². The molecule has 0 saturated heterocycles. The summed E-state index contributed by atoms with van der Waals surface area (Å²) in [6.45, 7) is 24.0. The highest BCUT2D eigenvalue weighted by Gasteiger charge is 2.44. The van der Waals surface area contributed by atoms with E-state index in [9.17, 15) is 0 Å². The highest BCUT2D eigenvalue weighted by Crippen LogP contribution is 2.51. The van der Waals surface area contributed by atoms with E-state index in [1.165, 1.54) is 22.3 Å². The average Bonchev–Trinajstić information content (AvgIpc) is 3.14. The number of allylic oxidation sites excluding steroid dienone is 2. The van der Waals surface area contributed by atoms with Crippen molar-refractivity contribution in [2.45, 2.75) is 91.3 Å². The predicted octanol–water partition coefficient (Wildman–Crippen LogP) is 8.60. The fraction of sp³-hybridized carbons (Fsp3) is 0.467. The van der Waals surface area contributed by atoms with E-state index in [1.807, 2.05) is 0 Å². The van der Waals surface area contributed by atoms with Crippen LogP contribution < -0.4 is 0 Å². The molecule has 0 N–H and O–H groups in total. The third-order valence-electron chi connectivity index (χ3n) is 7.60. The van der Waals surface area contributed by atoms with E-state index in [2.05, 4.69) is 111 Å². The summed E-state index contributed by atoms with van der Waals surface area (Å²) in [4.78, 5) is 0. The standard InChI is InChI=1S/C30H40Si/c1-19-15-21-11-13-23(29(3,4)5)17-25(21)27(19)31(9,10)28-20(2)16-22-12-14-24(18-26(22)28)30(6,7)8/h11-15,17-18,27H,16H2,1-10H3. The minimum Gasteiger partial charge on any atom is -0.0690 e. The van der Waals surface area contributed by atoms with Gasteiger partial charge in [0.05, 0.1) is 8.07 Å². The number of hydrogen-bond acceptors (Lipinski definition) is 0. The topological polar surface area (TPSA) is 0 Å². The zero-order chi connectivity index (χ0) is 22.9. The summed E-state index contributed by atoms with van der Waals surface area (Å²) in [5.74, 6) is 0. The molecule has 2 aromatic carbocycles. The van der Waals surface area contributed by atoms with Crippen LogP contribution in [0.5, 0.6) is 0 Å². The van der Waals surface area contributed by atoms with E-state index in [0.717, 1.165) is 6.42 Å². The molecule has 0 bridgehead atoms. The summed E-state index contributed by atoms with van der Waals surface area (Å²) < 4.78 is 0. The molecule has 2 aromatic rings. The van der Waals surface area contributed by atoms with E-state index in [0.29, 0.717) is 5.54 Å². The summed E-state index contributed by atoms with van der Waals surface area (Å²) in [5.41, 5.74) is 13.1. The average molecular weight is 429 g/mol. The zero-order valence-electron chi connectivity index (χ0n) is 21.3. The fourth-order valence-electron chi connectivity index (χ4n) is 6.03. The van der Waals surface area contributed by atoms with Gasteiger partial charge in [-0.2, -0.15) is 0 Å². The van der Waals surface area contributed by atoms with E-state index < -0.39 is 8.07 Å². The molecule has 0 radical (unpaired) electrons. The Labute approximate surface area is 191 Å². The molecule has 0 aromatic heterocycles. The van der Waals surface area contributed by atoms with Gasteiger partial charge in [-0.1, -0.05) is 113 Å². The van der Waals surface area contributed by atoms with Gasteiger partial charge in [0.2, 0.25) is 0 Å². The smallest absolute Gasteiger partial charge is 0.0690 e. The van der Waals surface area contributed by atoms with Gasteiger partial charge < -0.3 is 0 Å². The Morgan fingerprint density at radius 1 is 0.806 bits per heavy atom. The maximum absolute atomic E-state index is 2.62. The molecular weight excluding hydrogens is 388 g/mol. The number of rotatable bonds is 2. The van der Waals surface area contributed by atoms with Crippen molar-refractivity contribution in [3.63, 3.8) is 0 Å². The van der Waals surface area contributed by atoms with Crippen LogP contribution in [-0.4, -0.2) is 8.07 Å². The van der Waals surface area contributed by atoms with Crippen molar-refractivity contribution in [3.8, 4) is 0 Å². The Morgan fingerprint density at radius 2 is 1.39 bits per heavy atom. The SMILES string of the molecule is CC1=Cc2ccc(C(C)(C)C)cc2C1[Si](C)(C)C1=C(C)Cc2ccc(C(C)(C)C)cc21. The lowest BCUT2D eigenvalue weighted by molar-refractivity contribution is 0.589. The van der Waals surface area contributed by atoms with Crippen molar-refractivity contribution in [1.82, 2.24) is 0 Å². The predicted molar refractivity (Wildman–Crippen MR) is 140 cm³/mol. The lowest BCUT2D eigenvalue weighted by Crippen LogP contribution is -2.37. The van der Waals surface area contributed by atoms with Crippen molar-refractivity contribution in [3.05, 3.63) is 80.9 Å². The molecule has 0 heterocycles. The van der Waals surface area contributed by atoms with Crippen LogP contribution in [-0.2, 0) is 17.3 Å². The van der Waals surface area contributed by atoms with Gasteiger partial charge in [0, 0.05) is 5.54 Å². The third-order valence-corrected chi connectivity index (χ3v) is 11.8. The highest BCUT2D eigenvalue weighted by atomic mass is 28.3. The zero-order valence-corrected chi connectivity index (χ0v) is 22.3. The van der Waals surface area contributed by atoms with E-state index in [-0.39, 0.29) is 10.8 Å². The first kappa shape index (κ1) is 22.3. The van der Waals surface area contributed by atoms with Gasteiger partial charge in [0.25, 0.3) is 0 Å². The van der Waals surface area contributed by atoms with Gasteiger partial charge in [0.15, 0.2) is 0 Å². The summed E-state index contributed by atoms with van der Waals surface area (Å²) in [5, 5.41) is 1.71. The van der Waals surface area contributed by atoms with Gasteiger partial charge in [-0.05, 0) is 64.5 Å². The second-order valence-electron chi connectivity index (χ2n) is 12.6. The fourth-order valence-corrected chi connectivity index (χ4v) is 10.7. The first-order chi connectivity index (χ1) is 14.2. The van der Waals surface area contributed by atoms with Crippen LogP contribution in [0.15, 0.2) is 47.5 Å². The summed E-state index contributed by atoms with van der Waals surface area (Å²) in [6.07, 6.45) is 3.58. The van der Waals surface area contributed by atoms with E-state index in [4.69, 9.17) is 0 Å². The first-order valence-electron chi connectivity index (χ1n) is 11.9. The maximum atomic E-state index is 2.62. The molecular formula is C30H40Si. The molecule has 0 aliphatic heterocycles. The molecule has 2 aliphatic rings. The minimum atomic E-state index is -1.82. The van der Waals surface area contributed by atoms with Crippen molar-refractivity contribution in [2.75, 3.05) is 0 Å². The molecule has 4 rings (SSSR count). The first-order valence-corrected chi connectivity index (χ1v) is 15.0. The van der Waals surface area contributed by atoms with Crippen LogP contribution >= 0.6 is 0 Å². The Bertz CT molecular complexity index is 1110. The molecule has 0 amide bonds. The van der Waals surface area contributed by atoms with Crippen LogP contribution in [0.4, 0.5) is 0 Å². The molecule has 0 spiro atoms. The molecule has 31 heavy (non-hydrogen) atoms. The third kappa shape index (κ3) is 3.69. The Hall–Kier alpha value is -1.86. The van der Waals surface area contributed by atoms with Crippen LogP contribution in [0.3, 0.4) is 0 Å². The lowest BCUT2D eigenvalue weighted by atomic mass is 9.85. The summed E-state index contributed by atoms with van der Waals surface area (Å²) in [7, 11) is -1.82. The second-order valence-corrected chi connectivity index (χ2v) is 17.1. The van der Waals surface area contributed by atoms with Gasteiger partial charge in [-0.25, -0.2) is 0 Å². The van der Waals surface area contributed by atoms with Crippen LogP contribution in [0.2, 0.25) is 13.1 Å². The quantitative estimate of drug-likeness (QED) is 0.420. The number of fused-ring (bicyclic) bond motifs is 2. The normalized spacial score (nSPS) is 18.9. The van der Waals surface area contributed by atoms with E-state index in [1.54, 1.807) is 27.5 Å². The number of hydrogen-bond donors (Lipinski definition) is 0. The molecule has 2 aliphatic carbocycles. The van der Waals surface area contributed by atoms with Gasteiger partial charge >= 0.3 is 0 Å².